The molecule has 16 heavy (non-hydrogen) atoms. The fourth-order valence-electron chi connectivity index (χ4n) is 1.90. The van der Waals surface area contributed by atoms with E-state index in [0.717, 1.165) is 25.9 Å². The first kappa shape index (κ1) is 11.5. The molecule has 1 saturated heterocycles. The Morgan fingerprint density at radius 2 is 2.38 bits per heavy atom. The molecule has 1 fully saturated rings. The molecule has 1 aliphatic rings. The van der Waals surface area contributed by atoms with Crippen molar-refractivity contribution in [2.45, 2.75) is 25.3 Å². The third-order valence-electron chi connectivity index (χ3n) is 2.77. The summed E-state index contributed by atoms with van der Waals surface area (Å²) in [5.74, 6) is -0.0828. The molecule has 88 valence electrons. The number of carbonyl (C=O) groups is 1. The van der Waals surface area contributed by atoms with Gasteiger partial charge in [-0.05, 0) is 25.5 Å². The van der Waals surface area contributed by atoms with Gasteiger partial charge >= 0.3 is 0 Å². The molecule has 0 bridgehead atoms. The highest BCUT2D eigenvalue weighted by molar-refractivity contribution is 6.30. The van der Waals surface area contributed by atoms with E-state index in [1.54, 1.807) is 12.3 Å². The van der Waals surface area contributed by atoms with Gasteiger partial charge in [-0.25, -0.2) is 0 Å². The summed E-state index contributed by atoms with van der Waals surface area (Å²) < 4.78 is 0. The van der Waals surface area contributed by atoms with Crippen molar-refractivity contribution in [3.05, 3.63) is 23.0 Å². The van der Waals surface area contributed by atoms with Crippen molar-refractivity contribution in [1.82, 2.24) is 15.6 Å². The van der Waals surface area contributed by atoms with Gasteiger partial charge in [0.15, 0.2) is 0 Å². The molecular weight excluding hydrogens is 226 g/mol. The molecule has 0 radical (unpaired) electrons. The molecule has 1 amide bonds. The Morgan fingerprint density at radius 3 is 3.12 bits per heavy atom. The van der Waals surface area contributed by atoms with Crippen LogP contribution in [0, 0.1) is 0 Å². The minimum absolute atomic E-state index is 0.0828. The average Bonchev–Trinajstić information content (AvgIpc) is 2.54. The Morgan fingerprint density at radius 1 is 1.50 bits per heavy atom. The summed E-state index contributed by atoms with van der Waals surface area (Å²) in [5.41, 5.74) is 0.522. The molecule has 0 aromatic carbocycles. The summed E-state index contributed by atoms with van der Waals surface area (Å²) in [6.07, 6.45) is 4.99. The number of H-pyrrole nitrogens is 1. The minimum Gasteiger partial charge on any atom is -0.356 e. The summed E-state index contributed by atoms with van der Waals surface area (Å²) >= 11 is 5.75. The van der Waals surface area contributed by atoms with E-state index in [1.165, 1.54) is 6.42 Å². The predicted molar refractivity (Wildman–Crippen MR) is 63.8 cm³/mol. The second-order valence-electron chi connectivity index (χ2n) is 4.10. The Hall–Kier alpha value is -1.00. The molecule has 0 aliphatic carbocycles. The number of aromatic amines is 1. The van der Waals surface area contributed by atoms with E-state index in [1.807, 2.05) is 0 Å². The summed E-state index contributed by atoms with van der Waals surface area (Å²) in [4.78, 5) is 14.7. The zero-order valence-electron chi connectivity index (χ0n) is 9.05. The first-order chi connectivity index (χ1) is 7.75. The summed E-state index contributed by atoms with van der Waals surface area (Å²) in [6.45, 7) is 1.89. The van der Waals surface area contributed by atoms with E-state index in [4.69, 9.17) is 11.6 Å². The van der Waals surface area contributed by atoms with Crippen LogP contribution in [0.4, 0.5) is 0 Å². The molecule has 1 aromatic heterocycles. The Labute approximate surface area is 99.8 Å². The van der Waals surface area contributed by atoms with Gasteiger partial charge in [-0.1, -0.05) is 18.0 Å². The Kier molecular flexibility index (Phi) is 3.85. The number of hydrogen-bond acceptors (Lipinski definition) is 2. The fraction of sp³-hybridized carbons (Fsp3) is 0.545. The van der Waals surface area contributed by atoms with Crippen LogP contribution >= 0.6 is 11.6 Å². The van der Waals surface area contributed by atoms with Crippen molar-refractivity contribution >= 4 is 17.5 Å². The molecule has 3 N–H and O–H groups in total. The van der Waals surface area contributed by atoms with Gasteiger partial charge in [-0.3, -0.25) is 4.79 Å². The molecular formula is C11H16ClN3O. The van der Waals surface area contributed by atoms with Crippen molar-refractivity contribution in [2.75, 3.05) is 13.1 Å². The van der Waals surface area contributed by atoms with Crippen molar-refractivity contribution < 1.29 is 4.79 Å². The van der Waals surface area contributed by atoms with Gasteiger partial charge < -0.3 is 15.6 Å². The normalized spacial score (nSPS) is 21.4. The number of amides is 1. The first-order valence-corrected chi connectivity index (χ1v) is 5.99. The van der Waals surface area contributed by atoms with E-state index in [0.29, 0.717) is 10.7 Å². The highest BCUT2D eigenvalue weighted by Gasteiger charge is 2.16. The van der Waals surface area contributed by atoms with Gasteiger partial charge in [0.25, 0.3) is 5.91 Å². The quantitative estimate of drug-likeness (QED) is 0.736. The van der Waals surface area contributed by atoms with Crippen LogP contribution in [0.2, 0.25) is 5.02 Å². The summed E-state index contributed by atoms with van der Waals surface area (Å²) in [6, 6.07) is 1.86. The maximum atomic E-state index is 11.8. The lowest BCUT2D eigenvalue weighted by atomic mass is 10.1. The monoisotopic (exact) mass is 241 g/mol. The smallest absolute Gasteiger partial charge is 0.268 e. The fourth-order valence-corrected chi connectivity index (χ4v) is 2.07. The van der Waals surface area contributed by atoms with Crippen LogP contribution in [-0.2, 0) is 0 Å². The van der Waals surface area contributed by atoms with Crippen molar-refractivity contribution in [1.29, 1.82) is 0 Å². The van der Waals surface area contributed by atoms with Crippen LogP contribution in [0.15, 0.2) is 12.3 Å². The van der Waals surface area contributed by atoms with Gasteiger partial charge in [0.05, 0.1) is 5.02 Å². The van der Waals surface area contributed by atoms with Gasteiger partial charge in [0, 0.05) is 18.8 Å². The summed E-state index contributed by atoms with van der Waals surface area (Å²) in [7, 11) is 0. The first-order valence-electron chi connectivity index (χ1n) is 5.61. The molecule has 1 atom stereocenters. The third kappa shape index (κ3) is 3.00. The van der Waals surface area contributed by atoms with E-state index in [2.05, 4.69) is 15.6 Å². The van der Waals surface area contributed by atoms with Crippen molar-refractivity contribution in [2.24, 2.45) is 0 Å². The molecule has 1 aromatic rings. The van der Waals surface area contributed by atoms with Gasteiger partial charge in [-0.15, -0.1) is 0 Å². The molecule has 2 heterocycles. The Bertz CT molecular complexity index is 356. The number of rotatable bonds is 2. The number of hydrogen-bond donors (Lipinski definition) is 3. The highest BCUT2D eigenvalue weighted by atomic mass is 35.5. The maximum absolute atomic E-state index is 11.8. The Balaban J connectivity index is 1.90. The SMILES string of the molecule is O=C(NC1CCCCNC1)c1cc(Cl)c[nH]1. The van der Waals surface area contributed by atoms with Gasteiger partial charge in [-0.2, -0.15) is 0 Å². The molecule has 4 nitrogen and oxygen atoms in total. The van der Waals surface area contributed by atoms with Crippen LogP contribution in [0.5, 0.6) is 0 Å². The second-order valence-corrected chi connectivity index (χ2v) is 4.54. The molecule has 1 unspecified atom stereocenters. The van der Waals surface area contributed by atoms with Crippen molar-refractivity contribution in [3.63, 3.8) is 0 Å². The molecule has 1 aliphatic heterocycles. The van der Waals surface area contributed by atoms with E-state index in [-0.39, 0.29) is 11.9 Å². The second kappa shape index (κ2) is 5.37. The molecule has 0 spiro atoms. The van der Waals surface area contributed by atoms with Crippen LogP contribution in [0.1, 0.15) is 29.8 Å². The number of halogens is 1. The lowest BCUT2D eigenvalue weighted by Crippen LogP contribution is -2.40. The average molecular weight is 242 g/mol. The van der Waals surface area contributed by atoms with Gasteiger partial charge in [0.1, 0.15) is 5.69 Å². The largest absolute Gasteiger partial charge is 0.356 e. The van der Waals surface area contributed by atoms with Crippen LogP contribution < -0.4 is 10.6 Å². The summed E-state index contributed by atoms with van der Waals surface area (Å²) in [5, 5.41) is 6.86. The number of carbonyl (C=O) groups excluding carboxylic acids is 1. The lowest BCUT2D eigenvalue weighted by Gasteiger charge is -2.15. The lowest BCUT2D eigenvalue weighted by molar-refractivity contribution is 0.0931. The van der Waals surface area contributed by atoms with Gasteiger partial charge in [0.2, 0.25) is 0 Å². The molecule has 2 rings (SSSR count). The van der Waals surface area contributed by atoms with Crippen LogP contribution in [0.25, 0.3) is 0 Å². The predicted octanol–water partition coefficient (Wildman–Crippen LogP) is 1.54. The molecule has 0 saturated carbocycles. The maximum Gasteiger partial charge on any atom is 0.268 e. The molecule has 5 heteroatoms. The standard InChI is InChI=1S/C11H16ClN3O/c12-8-5-10(14-6-8)11(16)15-9-3-1-2-4-13-7-9/h5-6,9,13-14H,1-4,7H2,(H,15,16). The zero-order chi connectivity index (χ0) is 11.4. The topological polar surface area (TPSA) is 56.9 Å². The number of nitrogens with one attached hydrogen (secondary N) is 3. The van der Waals surface area contributed by atoms with E-state index in [9.17, 15) is 4.79 Å². The minimum atomic E-state index is -0.0828. The third-order valence-corrected chi connectivity index (χ3v) is 2.99. The number of aromatic nitrogens is 1. The highest BCUT2D eigenvalue weighted by Crippen LogP contribution is 2.10. The van der Waals surface area contributed by atoms with Crippen LogP contribution in [0.3, 0.4) is 0 Å². The van der Waals surface area contributed by atoms with Crippen LogP contribution in [-0.4, -0.2) is 30.0 Å². The van der Waals surface area contributed by atoms with Crippen molar-refractivity contribution in [3.8, 4) is 0 Å². The zero-order valence-corrected chi connectivity index (χ0v) is 9.81. The van der Waals surface area contributed by atoms with E-state index >= 15 is 0 Å². The van der Waals surface area contributed by atoms with E-state index < -0.39 is 0 Å².